The summed E-state index contributed by atoms with van der Waals surface area (Å²) in [6.07, 6.45) is 1.38. The van der Waals surface area contributed by atoms with Crippen molar-refractivity contribution in [2.45, 2.75) is 0 Å². The number of carbonyl (C=O) groups is 1. The van der Waals surface area contributed by atoms with Gasteiger partial charge in [-0.1, -0.05) is 18.7 Å². The molecule has 0 aromatic heterocycles. The molecule has 1 N–H and O–H groups in total. The molecule has 0 fully saturated rings. The third-order valence-electron chi connectivity index (χ3n) is 1.63. The fraction of sp³-hybridized carbons (Fsp3) is 0. The van der Waals surface area contributed by atoms with Gasteiger partial charge in [0.2, 0.25) is 6.08 Å². The first-order valence-corrected chi connectivity index (χ1v) is 3.75. The number of aliphatic imine (C=N–C) groups is 1. The van der Waals surface area contributed by atoms with E-state index in [2.05, 4.69) is 11.6 Å². The number of carboxylic acid groups (broad SMARTS) is 1. The maximum absolute atomic E-state index is 10.6. The van der Waals surface area contributed by atoms with Gasteiger partial charge in [0, 0.05) is 0 Å². The Hall–Kier alpha value is -2.19. The van der Waals surface area contributed by atoms with Gasteiger partial charge in [-0.3, -0.25) is 0 Å². The Morgan fingerprint density at radius 3 is 2.79 bits per heavy atom. The van der Waals surface area contributed by atoms with Crippen LogP contribution < -0.4 is 0 Å². The highest BCUT2D eigenvalue weighted by Crippen LogP contribution is 2.18. The first kappa shape index (κ1) is 9.89. The van der Waals surface area contributed by atoms with Gasteiger partial charge in [0.05, 0.1) is 11.3 Å². The van der Waals surface area contributed by atoms with E-state index in [-0.39, 0.29) is 5.57 Å². The van der Waals surface area contributed by atoms with Crippen LogP contribution in [-0.2, 0) is 9.59 Å². The van der Waals surface area contributed by atoms with Crippen molar-refractivity contribution >= 4 is 23.3 Å². The maximum Gasteiger partial charge on any atom is 0.335 e. The molecule has 4 heteroatoms. The number of hydrogen-bond donors (Lipinski definition) is 1. The second kappa shape index (κ2) is 4.16. The van der Waals surface area contributed by atoms with Crippen LogP contribution in [-0.4, -0.2) is 17.2 Å². The summed E-state index contributed by atoms with van der Waals surface area (Å²) in [5, 5.41) is 8.65. The smallest absolute Gasteiger partial charge is 0.335 e. The highest BCUT2D eigenvalue weighted by molar-refractivity contribution is 6.14. The lowest BCUT2D eigenvalue weighted by Gasteiger charge is -1.99. The lowest BCUT2D eigenvalue weighted by atomic mass is 10.1. The van der Waals surface area contributed by atoms with Gasteiger partial charge in [-0.15, -0.1) is 0 Å². The lowest BCUT2D eigenvalue weighted by molar-refractivity contribution is -0.130. The Bertz CT molecular complexity index is 431. The van der Waals surface area contributed by atoms with E-state index in [0.717, 1.165) is 0 Å². The fourth-order valence-electron chi connectivity index (χ4n) is 0.939. The molecule has 0 heterocycles. The summed E-state index contributed by atoms with van der Waals surface area (Å²) in [6.45, 7) is 3.39. The Balaban J connectivity index is 3.11. The fourth-order valence-corrected chi connectivity index (χ4v) is 0.939. The van der Waals surface area contributed by atoms with Crippen LogP contribution in [0.3, 0.4) is 0 Å². The number of isocyanates is 1. The molecule has 0 bridgehead atoms. The van der Waals surface area contributed by atoms with Gasteiger partial charge in [0.15, 0.2) is 0 Å². The molecule has 70 valence electrons. The van der Waals surface area contributed by atoms with E-state index in [0.29, 0.717) is 11.3 Å². The predicted octanol–water partition coefficient (Wildman–Crippen LogP) is 1.75. The average molecular weight is 189 g/mol. The summed E-state index contributed by atoms with van der Waals surface area (Å²) in [5.74, 6) is -1.10. The van der Waals surface area contributed by atoms with Gasteiger partial charge in [-0.05, 0) is 17.7 Å². The highest BCUT2D eigenvalue weighted by atomic mass is 16.4. The summed E-state index contributed by atoms with van der Waals surface area (Å²) in [6, 6.07) is 6.21. The van der Waals surface area contributed by atoms with E-state index >= 15 is 0 Å². The Morgan fingerprint density at radius 1 is 1.50 bits per heavy atom. The molecule has 0 saturated heterocycles. The van der Waals surface area contributed by atoms with Crippen LogP contribution in [0.25, 0.3) is 5.57 Å². The van der Waals surface area contributed by atoms with Crippen molar-refractivity contribution in [3.8, 4) is 0 Å². The Labute approximate surface area is 80.2 Å². The maximum atomic E-state index is 10.6. The quantitative estimate of drug-likeness (QED) is 0.447. The molecule has 0 radical (unpaired) electrons. The zero-order valence-corrected chi connectivity index (χ0v) is 7.23. The van der Waals surface area contributed by atoms with Crippen molar-refractivity contribution in [3.05, 3.63) is 36.4 Å². The first-order valence-electron chi connectivity index (χ1n) is 3.75. The van der Waals surface area contributed by atoms with Gasteiger partial charge in [-0.2, -0.15) is 4.99 Å². The number of rotatable bonds is 3. The number of hydrogen-bond acceptors (Lipinski definition) is 3. The van der Waals surface area contributed by atoms with Gasteiger partial charge in [0.1, 0.15) is 0 Å². The highest BCUT2D eigenvalue weighted by Gasteiger charge is 2.06. The minimum absolute atomic E-state index is 0.0343. The van der Waals surface area contributed by atoms with Crippen molar-refractivity contribution in [3.63, 3.8) is 0 Å². The summed E-state index contributed by atoms with van der Waals surface area (Å²) in [4.78, 5) is 23.9. The molecule has 1 aromatic carbocycles. The van der Waals surface area contributed by atoms with Gasteiger partial charge < -0.3 is 5.11 Å². The van der Waals surface area contributed by atoms with Crippen molar-refractivity contribution in [2.75, 3.05) is 0 Å². The average Bonchev–Trinajstić information content (AvgIpc) is 2.17. The molecule has 0 aliphatic rings. The Morgan fingerprint density at radius 2 is 2.21 bits per heavy atom. The lowest BCUT2D eigenvalue weighted by Crippen LogP contribution is -1.97. The largest absolute Gasteiger partial charge is 0.478 e. The van der Waals surface area contributed by atoms with E-state index in [1.54, 1.807) is 18.2 Å². The molecule has 1 rings (SSSR count). The molecule has 0 aliphatic carbocycles. The van der Waals surface area contributed by atoms with E-state index in [1.165, 1.54) is 12.1 Å². The van der Waals surface area contributed by atoms with Crippen molar-refractivity contribution in [1.29, 1.82) is 0 Å². The van der Waals surface area contributed by atoms with Crippen LogP contribution in [0, 0.1) is 0 Å². The van der Waals surface area contributed by atoms with E-state index in [9.17, 15) is 9.59 Å². The van der Waals surface area contributed by atoms with Crippen LogP contribution in [0.2, 0.25) is 0 Å². The predicted molar refractivity (Wildman–Crippen MR) is 50.9 cm³/mol. The third kappa shape index (κ3) is 2.15. The molecule has 0 atom stereocenters. The summed E-state index contributed by atoms with van der Waals surface area (Å²) in [7, 11) is 0. The molecular weight excluding hydrogens is 182 g/mol. The van der Waals surface area contributed by atoms with Crippen LogP contribution >= 0.6 is 0 Å². The van der Waals surface area contributed by atoms with Gasteiger partial charge in [0.25, 0.3) is 0 Å². The van der Waals surface area contributed by atoms with Crippen LogP contribution in [0.4, 0.5) is 5.69 Å². The van der Waals surface area contributed by atoms with Crippen LogP contribution in [0.1, 0.15) is 5.56 Å². The molecule has 0 spiro atoms. The van der Waals surface area contributed by atoms with E-state index in [1.807, 2.05) is 0 Å². The molecule has 0 aliphatic heterocycles. The standard InChI is InChI=1S/C10H7NO3/c1-7(10(13)14)8-3-2-4-9(5-8)11-6-12/h2-5H,1H2,(H,13,14). The van der Waals surface area contributed by atoms with E-state index in [4.69, 9.17) is 5.11 Å². The topological polar surface area (TPSA) is 66.7 Å². The number of nitrogens with zero attached hydrogens (tertiary/aromatic N) is 1. The van der Waals surface area contributed by atoms with Gasteiger partial charge in [-0.25, -0.2) is 9.59 Å². The summed E-state index contributed by atoms with van der Waals surface area (Å²) in [5.41, 5.74) is 0.752. The summed E-state index contributed by atoms with van der Waals surface area (Å²) < 4.78 is 0. The van der Waals surface area contributed by atoms with Crippen LogP contribution in [0.15, 0.2) is 35.8 Å². The Kier molecular flexibility index (Phi) is 2.94. The van der Waals surface area contributed by atoms with Crippen molar-refractivity contribution < 1.29 is 14.7 Å². The monoisotopic (exact) mass is 189 g/mol. The molecule has 1 aromatic rings. The number of benzene rings is 1. The first-order chi connectivity index (χ1) is 6.65. The summed E-state index contributed by atoms with van der Waals surface area (Å²) >= 11 is 0. The number of carboxylic acids is 1. The SMILES string of the molecule is C=C(C(=O)O)c1cccc(N=C=O)c1. The number of aliphatic carboxylic acids is 1. The normalized spacial score (nSPS) is 8.86. The minimum atomic E-state index is -1.10. The molecule has 0 saturated carbocycles. The third-order valence-corrected chi connectivity index (χ3v) is 1.63. The second-order valence-corrected chi connectivity index (χ2v) is 2.54. The zero-order chi connectivity index (χ0) is 10.6. The van der Waals surface area contributed by atoms with Gasteiger partial charge >= 0.3 is 5.97 Å². The second-order valence-electron chi connectivity index (χ2n) is 2.54. The molecular formula is C10H7NO3. The van der Waals surface area contributed by atoms with Crippen LogP contribution in [0.5, 0.6) is 0 Å². The molecule has 0 amide bonds. The van der Waals surface area contributed by atoms with E-state index < -0.39 is 5.97 Å². The molecule has 14 heavy (non-hydrogen) atoms. The minimum Gasteiger partial charge on any atom is -0.478 e. The zero-order valence-electron chi connectivity index (χ0n) is 7.23. The number of carbonyl (C=O) groups excluding carboxylic acids is 1. The molecule has 0 unspecified atom stereocenters. The molecule has 4 nitrogen and oxygen atoms in total. The van der Waals surface area contributed by atoms with Crippen molar-refractivity contribution in [1.82, 2.24) is 0 Å². The van der Waals surface area contributed by atoms with Crippen molar-refractivity contribution in [2.24, 2.45) is 4.99 Å².